The molecule has 0 rings (SSSR count). The highest BCUT2D eigenvalue weighted by Gasteiger charge is 1.99. The molecule has 0 saturated heterocycles. The van der Waals surface area contributed by atoms with E-state index in [1.54, 1.807) is 19.3 Å². The van der Waals surface area contributed by atoms with Crippen LogP contribution in [0.1, 0.15) is 6.92 Å². The molecule has 0 fully saturated rings. The standard InChI is InChI=1S/C8H12O2/c1-4-5-8(6-10-3)7(2)9/h4-5H,1,6H2,2-3H3. The van der Waals surface area contributed by atoms with Crippen LogP contribution in [0.3, 0.4) is 0 Å². The van der Waals surface area contributed by atoms with Gasteiger partial charge in [-0.3, -0.25) is 4.79 Å². The first-order chi connectivity index (χ1) is 4.72. The Morgan fingerprint density at radius 2 is 2.30 bits per heavy atom. The number of ether oxygens (including phenoxy) is 1. The molecule has 0 aliphatic heterocycles. The lowest BCUT2D eigenvalue weighted by atomic mass is 10.2. The van der Waals surface area contributed by atoms with Gasteiger partial charge in [0.15, 0.2) is 5.78 Å². The van der Waals surface area contributed by atoms with Crippen LogP contribution in [0.2, 0.25) is 0 Å². The van der Waals surface area contributed by atoms with Crippen LogP contribution in [0.15, 0.2) is 24.3 Å². The minimum atomic E-state index is 0.0294. The van der Waals surface area contributed by atoms with Gasteiger partial charge in [0.2, 0.25) is 0 Å². The highest BCUT2D eigenvalue weighted by Crippen LogP contribution is 1.96. The third-order valence-electron chi connectivity index (χ3n) is 1.07. The third-order valence-corrected chi connectivity index (χ3v) is 1.07. The lowest BCUT2D eigenvalue weighted by molar-refractivity contribution is -0.114. The van der Waals surface area contributed by atoms with Crippen LogP contribution in [0.5, 0.6) is 0 Å². The molecule has 0 bridgehead atoms. The molecule has 0 unspecified atom stereocenters. The molecule has 0 amide bonds. The van der Waals surface area contributed by atoms with Gasteiger partial charge < -0.3 is 4.74 Å². The number of carbonyl (C=O) groups excluding carboxylic acids is 1. The number of rotatable bonds is 4. The predicted molar refractivity (Wildman–Crippen MR) is 40.8 cm³/mol. The fraction of sp³-hybridized carbons (Fsp3) is 0.375. The lowest BCUT2D eigenvalue weighted by Gasteiger charge is -1.98. The van der Waals surface area contributed by atoms with E-state index in [1.165, 1.54) is 6.92 Å². The number of hydrogen-bond donors (Lipinski definition) is 0. The second-order valence-corrected chi connectivity index (χ2v) is 1.92. The molecule has 56 valence electrons. The largest absolute Gasteiger partial charge is 0.380 e. The van der Waals surface area contributed by atoms with Gasteiger partial charge in [0.1, 0.15) is 0 Å². The first kappa shape index (κ1) is 9.11. The molecule has 0 N–H and O–H groups in total. The van der Waals surface area contributed by atoms with Gasteiger partial charge in [0.25, 0.3) is 0 Å². The highest BCUT2D eigenvalue weighted by molar-refractivity contribution is 5.93. The molecule has 0 atom stereocenters. The van der Waals surface area contributed by atoms with Gasteiger partial charge in [0, 0.05) is 12.7 Å². The molecule has 2 nitrogen and oxygen atoms in total. The van der Waals surface area contributed by atoms with Crippen LogP contribution in [-0.2, 0) is 9.53 Å². The number of methoxy groups -OCH3 is 1. The van der Waals surface area contributed by atoms with Crippen LogP contribution >= 0.6 is 0 Å². The Labute approximate surface area is 61.2 Å². The Bertz CT molecular complexity index is 157. The molecule has 2 heteroatoms. The maximum absolute atomic E-state index is 10.7. The van der Waals surface area contributed by atoms with E-state index in [0.717, 1.165) is 0 Å². The molecule has 0 saturated carbocycles. The number of carbonyl (C=O) groups is 1. The van der Waals surface area contributed by atoms with Gasteiger partial charge in [-0.1, -0.05) is 18.7 Å². The van der Waals surface area contributed by atoms with E-state index in [0.29, 0.717) is 12.2 Å². The average molecular weight is 140 g/mol. The Balaban J connectivity index is 4.11. The fourth-order valence-electron chi connectivity index (χ4n) is 0.565. The fourth-order valence-corrected chi connectivity index (χ4v) is 0.565. The van der Waals surface area contributed by atoms with Crippen LogP contribution in [-0.4, -0.2) is 19.5 Å². The van der Waals surface area contributed by atoms with Gasteiger partial charge in [-0.05, 0) is 6.92 Å². The van der Waals surface area contributed by atoms with Gasteiger partial charge in [0.05, 0.1) is 6.61 Å². The zero-order valence-electron chi connectivity index (χ0n) is 6.39. The van der Waals surface area contributed by atoms with Crippen molar-refractivity contribution in [1.29, 1.82) is 0 Å². The summed E-state index contributed by atoms with van der Waals surface area (Å²) in [7, 11) is 1.56. The van der Waals surface area contributed by atoms with Crippen molar-refractivity contribution in [3.63, 3.8) is 0 Å². The minimum Gasteiger partial charge on any atom is -0.380 e. The Kier molecular flexibility index (Phi) is 4.50. The predicted octanol–water partition coefficient (Wildman–Crippen LogP) is 1.33. The molecule has 10 heavy (non-hydrogen) atoms. The van der Waals surface area contributed by atoms with Crippen molar-refractivity contribution in [1.82, 2.24) is 0 Å². The number of hydrogen-bond acceptors (Lipinski definition) is 2. The molecule has 0 aliphatic carbocycles. The average Bonchev–Trinajstić information content (AvgIpc) is 1.87. The van der Waals surface area contributed by atoms with Crippen molar-refractivity contribution in [2.45, 2.75) is 6.92 Å². The molecule has 0 aromatic heterocycles. The van der Waals surface area contributed by atoms with Crippen molar-refractivity contribution < 1.29 is 9.53 Å². The number of allylic oxidation sites excluding steroid dienone is 2. The van der Waals surface area contributed by atoms with Crippen molar-refractivity contribution >= 4 is 5.78 Å². The zero-order chi connectivity index (χ0) is 7.98. The summed E-state index contributed by atoms with van der Waals surface area (Å²) in [5.74, 6) is 0.0294. The maximum Gasteiger partial charge on any atom is 0.158 e. The quantitative estimate of drug-likeness (QED) is 0.435. The summed E-state index contributed by atoms with van der Waals surface area (Å²) < 4.78 is 4.78. The summed E-state index contributed by atoms with van der Waals surface area (Å²) in [5, 5.41) is 0. The smallest absolute Gasteiger partial charge is 0.158 e. The molecule has 0 heterocycles. The Morgan fingerprint density at radius 1 is 1.70 bits per heavy atom. The molecular formula is C8H12O2. The minimum absolute atomic E-state index is 0.0294. The van der Waals surface area contributed by atoms with Crippen LogP contribution < -0.4 is 0 Å². The summed E-state index contributed by atoms with van der Waals surface area (Å²) in [6, 6.07) is 0. The molecule has 0 aromatic carbocycles. The van der Waals surface area contributed by atoms with E-state index in [2.05, 4.69) is 6.58 Å². The zero-order valence-corrected chi connectivity index (χ0v) is 6.39. The second kappa shape index (κ2) is 4.94. The number of Topliss-reactive ketones (excluding diaryl/α,β-unsaturated/α-hetero) is 1. The molecule has 0 aliphatic rings. The maximum atomic E-state index is 10.7. The van der Waals surface area contributed by atoms with Crippen molar-refractivity contribution in [2.24, 2.45) is 0 Å². The second-order valence-electron chi connectivity index (χ2n) is 1.92. The van der Waals surface area contributed by atoms with Crippen LogP contribution in [0.4, 0.5) is 0 Å². The van der Waals surface area contributed by atoms with E-state index in [-0.39, 0.29) is 5.78 Å². The third kappa shape index (κ3) is 3.20. The van der Waals surface area contributed by atoms with Gasteiger partial charge >= 0.3 is 0 Å². The van der Waals surface area contributed by atoms with E-state index in [1.807, 2.05) is 0 Å². The van der Waals surface area contributed by atoms with Gasteiger partial charge in [-0.2, -0.15) is 0 Å². The molecule has 0 spiro atoms. The van der Waals surface area contributed by atoms with Crippen LogP contribution in [0, 0.1) is 0 Å². The lowest BCUT2D eigenvalue weighted by Crippen LogP contribution is -2.02. The first-order valence-electron chi connectivity index (χ1n) is 3.03. The SMILES string of the molecule is C=CC=C(COC)C(C)=O. The highest BCUT2D eigenvalue weighted by atomic mass is 16.5. The van der Waals surface area contributed by atoms with E-state index < -0.39 is 0 Å². The first-order valence-corrected chi connectivity index (χ1v) is 3.03. The summed E-state index contributed by atoms with van der Waals surface area (Å²) in [6.45, 7) is 5.35. The van der Waals surface area contributed by atoms with Gasteiger partial charge in [-0.25, -0.2) is 0 Å². The van der Waals surface area contributed by atoms with Crippen molar-refractivity contribution in [2.75, 3.05) is 13.7 Å². The Morgan fingerprint density at radius 3 is 2.60 bits per heavy atom. The van der Waals surface area contributed by atoms with Crippen molar-refractivity contribution in [3.8, 4) is 0 Å². The molecular weight excluding hydrogens is 128 g/mol. The molecule has 0 aromatic rings. The Hall–Kier alpha value is -0.890. The number of ketones is 1. The van der Waals surface area contributed by atoms with E-state index in [4.69, 9.17) is 4.74 Å². The normalized spacial score (nSPS) is 11.2. The monoisotopic (exact) mass is 140 g/mol. The summed E-state index contributed by atoms with van der Waals surface area (Å²) >= 11 is 0. The van der Waals surface area contributed by atoms with Crippen LogP contribution in [0.25, 0.3) is 0 Å². The summed E-state index contributed by atoms with van der Waals surface area (Å²) in [5.41, 5.74) is 0.650. The summed E-state index contributed by atoms with van der Waals surface area (Å²) in [4.78, 5) is 10.7. The van der Waals surface area contributed by atoms with Crippen molar-refractivity contribution in [3.05, 3.63) is 24.3 Å². The topological polar surface area (TPSA) is 26.3 Å². The van der Waals surface area contributed by atoms with E-state index in [9.17, 15) is 4.79 Å². The van der Waals surface area contributed by atoms with E-state index >= 15 is 0 Å². The summed E-state index contributed by atoms with van der Waals surface area (Å²) in [6.07, 6.45) is 3.24. The molecule has 0 radical (unpaired) electrons. The van der Waals surface area contributed by atoms with Gasteiger partial charge in [-0.15, -0.1) is 0 Å².